The Balaban J connectivity index is 1.71. The maximum absolute atomic E-state index is 12.7. The molecule has 2 aromatic rings. The van der Waals surface area contributed by atoms with Gasteiger partial charge in [0.05, 0.1) is 29.6 Å². The Kier molecular flexibility index (Phi) is 3.28. The number of anilines is 2. The van der Waals surface area contributed by atoms with Gasteiger partial charge < -0.3 is 19.7 Å². The first-order valence-electron chi connectivity index (χ1n) is 7.66. The van der Waals surface area contributed by atoms with Gasteiger partial charge in [0.2, 0.25) is 12.7 Å². The topological polar surface area (TPSA) is 74.6 Å². The number of benzene rings is 2. The van der Waals surface area contributed by atoms with Crippen LogP contribution >= 0.6 is 0 Å². The van der Waals surface area contributed by atoms with E-state index in [0.29, 0.717) is 23.6 Å². The zero-order valence-corrected chi connectivity index (χ0v) is 13.1. The first kappa shape index (κ1) is 14.4. The van der Waals surface area contributed by atoms with Gasteiger partial charge in [-0.25, -0.2) is 0 Å². The van der Waals surface area contributed by atoms with Crippen LogP contribution in [0.3, 0.4) is 0 Å². The van der Waals surface area contributed by atoms with E-state index >= 15 is 0 Å². The van der Waals surface area contributed by atoms with E-state index in [-0.39, 0.29) is 18.7 Å². The number of ether oxygens (including phenoxy) is 2. The number of hydrogen-bond acceptors (Lipinski definition) is 5. The summed E-state index contributed by atoms with van der Waals surface area (Å²) in [5, 5.41) is 12.1. The minimum absolute atomic E-state index is 0.00859. The lowest BCUT2D eigenvalue weighted by Crippen LogP contribution is -2.45. The van der Waals surface area contributed by atoms with E-state index in [1.165, 1.54) is 0 Å². The third-order valence-corrected chi connectivity index (χ3v) is 4.21. The second-order valence-corrected chi connectivity index (χ2v) is 5.82. The molecule has 2 aromatic carbocycles. The molecule has 0 saturated carbocycles. The number of hydrogen-bond donors (Lipinski definition) is 1. The third-order valence-electron chi connectivity index (χ3n) is 4.21. The van der Waals surface area contributed by atoms with Crippen molar-refractivity contribution >= 4 is 17.3 Å². The quantitative estimate of drug-likeness (QED) is 0.920. The van der Waals surface area contributed by atoms with Crippen molar-refractivity contribution in [1.29, 1.82) is 5.26 Å². The van der Waals surface area contributed by atoms with Crippen LogP contribution in [0.25, 0.3) is 0 Å². The second-order valence-electron chi connectivity index (χ2n) is 5.82. The van der Waals surface area contributed by atoms with Crippen LogP contribution in [0.15, 0.2) is 36.4 Å². The Morgan fingerprint density at radius 1 is 1.25 bits per heavy atom. The molecule has 1 amide bonds. The van der Waals surface area contributed by atoms with Gasteiger partial charge in [0.15, 0.2) is 11.5 Å². The van der Waals surface area contributed by atoms with Gasteiger partial charge >= 0.3 is 0 Å². The van der Waals surface area contributed by atoms with Gasteiger partial charge in [-0.1, -0.05) is 12.1 Å². The number of carbonyl (C=O) groups excluding carboxylic acids is 1. The summed E-state index contributed by atoms with van der Waals surface area (Å²) in [4.78, 5) is 14.4. The van der Waals surface area contributed by atoms with Crippen molar-refractivity contribution in [3.8, 4) is 17.6 Å². The summed E-state index contributed by atoms with van der Waals surface area (Å²) in [6.45, 7) is 2.46. The Morgan fingerprint density at radius 3 is 2.67 bits per heavy atom. The van der Waals surface area contributed by atoms with Gasteiger partial charge in [-0.15, -0.1) is 0 Å². The molecule has 1 unspecified atom stereocenters. The van der Waals surface area contributed by atoms with Gasteiger partial charge in [-0.05, 0) is 24.6 Å². The van der Waals surface area contributed by atoms with Gasteiger partial charge in [-0.2, -0.15) is 5.26 Å². The van der Waals surface area contributed by atoms with E-state index in [1.807, 2.05) is 31.2 Å². The van der Waals surface area contributed by atoms with Crippen LogP contribution in [0.2, 0.25) is 0 Å². The van der Waals surface area contributed by atoms with Crippen LogP contribution in [-0.4, -0.2) is 18.7 Å². The van der Waals surface area contributed by atoms with Gasteiger partial charge in [-0.3, -0.25) is 4.79 Å². The van der Waals surface area contributed by atoms with Crippen molar-refractivity contribution in [2.45, 2.75) is 19.5 Å². The summed E-state index contributed by atoms with van der Waals surface area (Å²) in [5.41, 5.74) is 3.18. The number of nitrogens with one attached hydrogen (secondary N) is 1. The molecular formula is C18H15N3O3. The molecule has 0 fully saturated rings. The van der Waals surface area contributed by atoms with E-state index in [2.05, 4.69) is 11.4 Å². The Morgan fingerprint density at radius 2 is 1.96 bits per heavy atom. The lowest BCUT2D eigenvalue weighted by Gasteiger charge is -2.34. The standard InChI is InChI=1S/C18H15N3O3/c1-11-18(22)21(9-13-4-2-12(8-19)3-5-13)15-7-17-16(23-10-24-17)6-14(15)20-11/h2-7,11,20H,9-10H2,1H3. The summed E-state index contributed by atoms with van der Waals surface area (Å²) in [5.74, 6) is 1.31. The zero-order valence-electron chi connectivity index (χ0n) is 13.1. The fourth-order valence-corrected chi connectivity index (χ4v) is 2.95. The number of nitriles is 1. The minimum atomic E-state index is -0.323. The molecule has 0 bridgehead atoms. The van der Waals surface area contributed by atoms with Crippen LogP contribution in [0.4, 0.5) is 11.4 Å². The summed E-state index contributed by atoms with van der Waals surface area (Å²) in [7, 11) is 0. The molecule has 24 heavy (non-hydrogen) atoms. The first-order valence-corrected chi connectivity index (χ1v) is 7.66. The highest BCUT2D eigenvalue weighted by Gasteiger charge is 2.32. The Hall–Kier alpha value is -3.20. The molecule has 0 radical (unpaired) electrons. The number of rotatable bonds is 2. The summed E-state index contributed by atoms with van der Waals surface area (Å²) >= 11 is 0. The predicted octanol–water partition coefficient (Wildman–Crippen LogP) is 2.63. The Labute approximate surface area is 139 Å². The van der Waals surface area contributed by atoms with Crippen LogP contribution in [0, 0.1) is 11.3 Å². The molecule has 2 heterocycles. The monoisotopic (exact) mass is 321 g/mol. The molecule has 2 aliphatic rings. The molecular weight excluding hydrogens is 306 g/mol. The molecule has 4 rings (SSSR count). The third kappa shape index (κ3) is 2.31. The van der Waals surface area contributed by atoms with E-state index in [9.17, 15) is 4.79 Å². The number of carbonyl (C=O) groups is 1. The summed E-state index contributed by atoms with van der Waals surface area (Å²) < 4.78 is 10.8. The van der Waals surface area contributed by atoms with E-state index in [4.69, 9.17) is 14.7 Å². The van der Waals surface area contributed by atoms with Crippen molar-refractivity contribution in [2.75, 3.05) is 17.0 Å². The van der Waals surface area contributed by atoms with Crippen molar-refractivity contribution < 1.29 is 14.3 Å². The van der Waals surface area contributed by atoms with Crippen LogP contribution in [0.1, 0.15) is 18.1 Å². The molecule has 0 aromatic heterocycles. The average molecular weight is 321 g/mol. The van der Waals surface area contributed by atoms with E-state index < -0.39 is 0 Å². The maximum Gasteiger partial charge on any atom is 0.249 e. The van der Waals surface area contributed by atoms with E-state index in [1.54, 1.807) is 17.0 Å². The van der Waals surface area contributed by atoms with E-state index in [0.717, 1.165) is 16.9 Å². The molecule has 2 aliphatic heterocycles. The highest BCUT2D eigenvalue weighted by atomic mass is 16.7. The van der Waals surface area contributed by atoms with Crippen molar-refractivity contribution in [3.05, 3.63) is 47.5 Å². The highest BCUT2D eigenvalue weighted by molar-refractivity contribution is 6.05. The van der Waals surface area contributed by atoms with Crippen LogP contribution < -0.4 is 19.7 Å². The van der Waals surface area contributed by atoms with Crippen LogP contribution in [-0.2, 0) is 11.3 Å². The summed E-state index contributed by atoms with van der Waals surface area (Å²) in [6, 6.07) is 12.7. The van der Waals surface area contributed by atoms with Crippen molar-refractivity contribution in [3.63, 3.8) is 0 Å². The maximum atomic E-state index is 12.7. The summed E-state index contributed by atoms with van der Waals surface area (Å²) in [6.07, 6.45) is 0. The number of amides is 1. The molecule has 120 valence electrons. The molecule has 1 atom stereocenters. The zero-order chi connectivity index (χ0) is 16.7. The van der Waals surface area contributed by atoms with Gasteiger partial charge in [0.1, 0.15) is 6.04 Å². The fourth-order valence-electron chi connectivity index (χ4n) is 2.95. The molecule has 6 heteroatoms. The van der Waals surface area contributed by atoms with Gasteiger partial charge in [0.25, 0.3) is 0 Å². The average Bonchev–Trinajstić information content (AvgIpc) is 3.05. The smallest absolute Gasteiger partial charge is 0.249 e. The van der Waals surface area contributed by atoms with Crippen molar-refractivity contribution in [2.24, 2.45) is 0 Å². The van der Waals surface area contributed by atoms with Crippen molar-refractivity contribution in [1.82, 2.24) is 0 Å². The molecule has 0 aliphatic carbocycles. The fraction of sp³-hybridized carbons (Fsp3) is 0.222. The van der Waals surface area contributed by atoms with Gasteiger partial charge in [0, 0.05) is 12.1 Å². The molecule has 6 nitrogen and oxygen atoms in total. The first-order chi connectivity index (χ1) is 11.7. The molecule has 1 N–H and O–H groups in total. The van der Waals surface area contributed by atoms with Crippen LogP contribution in [0.5, 0.6) is 11.5 Å². The second kappa shape index (κ2) is 5.46. The predicted molar refractivity (Wildman–Crippen MR) is 88.0 cm³/mol. The Bertz CT molecular complexity index is 855. The number of fused-ring (bicyclic) bond motifs is 2. The molecule has 0 saturated heterocycles. The lowest BCUT2D eigenvalue weighted by molar-refractivity contribution is -0.119. The molecule has 0 spiro atoms. The largest absolute Gasteiger partial charge is 0.454 e. The highest BCUT2D eigenvalue weighted by Crippen LogP contribution is 2.43. The normalized spacial score (nSPS) is 17.9. The number of nitrogens with zero attached hydrogens (tertiary/aromatic N) is 2. The SMILES string of the molecule is CC1Nc2cc3c(cc2N(Cc2ccc(C#N)cc2)C1=O)OCO3. The lowest BCUT2D eigenvalue weighted by atomic mass is 10.1. The minimum Gasteiger partial charge on any atom is -0.454 e.